The van der Waals surface area contributed by atoms with E-state index in [4.69, 9.17) is 14.5 Å². The number of benzene rings is 2. The number of thiazole rings is 2. The summed E-state index contributed by atoms with van der Waals surface area (Å²) in [6.45, 7) is -0.0232. The predicted molar refractivity (Wildman–Crippen MR) is 151 cm³/mol. The normalized spacial score (nSPS) is 12.5. The number of rotatable bonds is 10. The Labute approximate surface area is 226 Å². The number of hydrogen-bond acceptors (Lipinski definition) is 9. The summed E-state index contributed by atoms with van der Waals surface area (Å²) in [4.78, 5) is 10.8. The first-order chi connectivity index (χ1) is 17.9. The molecule has 0 saturated heterocycles. The number of aliphatic hydroxyl groups is 1. The molecule has 3 aromatic heterocycles. The SMILES string of the molecule is O=S(=O)(O)Cc1ccc(C[C@H](Nc2nc(-c3cccc(CO)c3)cs2)c2csc(-c3cccs3)n2)cc1. The minimum atomic E-state index is -4.08. The number of nitrogens with zero attached hydrogens (tertiary/aromatic N) is 2. The Morgan fingerprint density at radius 1 is 0.892 bits per heavy atom. The van der Waals surface area contributed by atoms with E-state index in [1.54, 1.807) is 34.8 Å². The maximum absolute atomic E-state index is 11.2. The van der Waals surface area contributed by atoms with Crippen LogP contribution in [-0.4, -0.2) is 28.0 Å². The predicted octanol–water partition coefficient (Wildman–Crippen LogP) is 6.27. The molecule has 0 aliphatic rings. The van der Waals surface area contributed by atoms with Crippen molar-refractivity contribution in [1.29, 1.82) is 0 Å². The maximum Gasteiger partial charge on any atom is 0.269 e. The van der Waals surface area contributed by atoms with Crippen LogP contribution in [0, 0.1) is 0 Å². The first-order valence-electron chi connectivity index (χ1n) is 11.3. The van der Waals surface area contributed by atoms with Gasteiger partial charge in [-0.15, -0.1) is 34.0 Å². The van der Waals surface area contributed by atoms with E-state index >= 15 is 0 Å². The average molecular weight is 570 g/mol. The van der Waals surface area contributed by atoms with Crippen LogP contribution in [0.2, 0.25) is 0 Å². The van der Waals surface area contributed by atoms with E-state index in [0.717, 1.165) is 43.1 Å². The summed E-state index contributed by atoms with van der Waals surface area (Å²) in [6, 6.07) is 18.7. The van der Waals surface area contributed by atoms with Crippen LogP contribution in [0.5, 0.6) is 0 Å². The van der Waals surface area contributed by atoms with Crippen molar-refractivity contribution in [2.75, 3.05) is 5.32 Å². The van der Waals surface area contributed by atoms with Gasteiger partial charge in [0, 0.05) is 16.3 Å². The van der Waals surface area contributed by atoms with Crippen LogP contribution in [-0.2, 0) is 28.9 Å². The third-order valence-corrected chi connectivity index (χ3v) is 9.00. The molecule has 0 bridgehead atoms. The first-order valence-corrected chi connectivity index (χ1v) is 15.6. The molecule has 0 aliphatic carbocycles. The fraction of sp³-hybridized carbons (Fsp3) is 0.154. The van der Waals surface area contributed by atoms with Crippen LogP contribution < -0.4 is 5.32 Å². The molecule has 0 fully saturated rings. The highest BCUT2D eigenvalue weighted by atomic mass is 32.2. The molecule has 2 aromatic carbocycles. The van der Waals surface area contributed by atoms with Gasteiger partial charge < -0.3 is 10.4 Å². The van der Waals surface area contributed by atoms with Gasteiger partial charge in [-0.25, -0.2) is 9.97 Å². The lowest BCUT2D eigenvalue weighted by Gasteiger charge is -2.17. The van der Waals surface area contributed by atoms with E-state index in [9.17, 15) is 13.5 Å². The molecule has 7 nitrogen and oxygen atoms in total. The van der Waals surface area contributed by atoms with Crippen molar-refractivity contribution >= 4 is 49.3 Å². The summed E-state index contributed by atoms with van der Waals surface area (Å²) in [5.74, 6) is -0.412. The lowest BCUT2D eigenvalue weighted by molar-refractivity contribution is 0.282. The third kappa shape index (κ3) is 6.69. The minimum Gasteiger partial charge on any atom is -0.392 e. The van der Waals surface area contributed by atoms with Gasteiger partial charge in [0.1, 0.15) is 10.8 Å². The molecule has 190 valence electrons. The fourth-order valence-electron chi connectivity index (χ4n) is 3.86. The van der Waals surface area contributed by atoms with Crippen molar-refractivity contribution in [3.05, 3.63) is 99.2 Å². The summed E-state index contributed by atoms with van der Waals surface area (Å²) in [5.41, 5.74) is 5.02. The zero-order valence-electron chi connectivity index (χ0n) is 19.4. The van der Waals surface area contributed by atoms with Gasteiger partial charge in [0.25, 0.3) is 10.1 Å². The first kappa shape index (κ1) is 25.7. The lowest BCUT2D eigenvalue weighted by atomic mass is 10.0. The van der Waals surface area contributed by atoms with Gasteiger partial charge in [0.05, 0.1) is 28.9 Å². The van der Waals surface area contributed by atoms with E-state index in [-0.39, 0.29) is 12.6 Å². The second-order valence-electron chi connectivity index (χ2n) is 8.40. The molecule has 11 heteroatoms. The summed E-state index contributed by atoms with van der Waals surface area (Å²) in [7, 11) is -4.08. The molecule has 37 heavy (non-hydrogen) atoms. The molecular weight excluding hydrogens is 547 g/mol. The molecule has 5 rings (SSSR count). The highest BCUT2D eigenvalue weighted by molar-refractivity contribution is 7.85. The number of thiophene rings is 1. The summed E-state index contributed by atoms with van der Waals surface area (Å²) in [5, 5.41) is 20.8. The molecule has 1 atom stereocenters. The largest absolute Gasteiger partial charge is 0.392 e. The van der Waals surface area contributed by atoms with E-state index in [1.165, 1.54) is 11.3 Å². The molecule has 0 spiro atoms. The maximum atomic E-state index is 11.2. The van der Waals surface area contributed by atoms with Gasteiger partial charge >= 0.3 is 0 Å². The topological polar surface area (TPSA) is 112 Å². The Hall–Kier alpha value is -2.93. The second kappa shape index (κ2) is 11.2. The van der Waals surface area contributed by atoms with Crippen molar-refractivity contribution in [3.63, 3.8) is 0 Å². The number of aliphatic hydroxyl groups excluding tert-OH is 1. The van der Waals surface area contributed by atoms with Crippen molar-refractivity contribution < 1.29 is 18.1 Å². The van der Waals surface area contributed by atoms with Crippen LogP contribution in [0.1, 0.15) is 28.4 Å². The summed E-state index contributed by atoms with van der Waals surface area (Å²) < 4.78 is 31.6. The van der Waals surface area contributed by atoms with E-state index in [0.29, 0.717) is 12.0 Å². The molecule has 0 amide bonds. The van der Waals surface area contributed by atoms with Gasteiger partial charge in [-0.05, 0) is 40.6 Å². The Kier molecular flexibility index (Phi) is 7.79. The van der Waals surface area contributed by atoms with Crippen molar-refractivity contribution in [2.24, 2.45) is 0 Å². The molecule has 0 saturated carbocycles. The average Bonchev–Trinajstić information content (AvgIpc) is 3.65. The molecule has 3 N–H and O–H groups in total. The molecular formula is C26H23N3O4S4. The van der Waals surface area contributed by atoms with Gasteiger partial charge in [0.15, 0.2) is 5.13 Å². The van der Waals surface area contributed by atoms with Gasteiger partial charge in [-0.1, -0.05) is 48.5 Å². The highest BCUT2D eigenvalue weighted by Crippen LogP contribution is 2.33. The Morgan fingerprint density at radius 3 is 2.43 bits per heavy atom. The monoisotopic (exact) mass is 569 g/mol. The van der Waals surface area contributed by atoms with Crippen LogP contribution >= 0.6 is 34.0 Å². The van der Waals surface area contributed by atoms with Gasteiger partial charge in [-0.3, -0.25) is 4.55 Å². The van der Waals surface area contributed by atoms with Crippen LogP contribution in [0.15, 0.2) is 76.8 Å². The quantitative estimate of drug-likeness (QED) is 0.170. The van der Waals surface area contributed by atoms with Crippen LogP contribution in [0.4, 0.5) is 5.13 Å². The fourth-order valence-corrected chi connectivity index (χ4v) is 6.93. The van der Waals surface area contributed by atoms with Gasteiger partial charge in [0.2, 0.25) is 0 Å². The molecule has 0 radical (unpaired) electrons. The van der Waals surface area contributed by atoms with Gasteiger partial charge in [-0.2, -0.15) is 8.42 Å². The second-order valence-corrected chi connectivity index (χ2v) is 12.5. The molecule has 0 unspecified atom stereocenters. The number of nitrogens with one attached hydrogen (secondary N) is 1. The van der Waals surface area contributed by atoms with E-state index < -0.39 is 15.9 Å². The molecule has 5 aromatic rings. The Morgan fingerprint density at radius 2 is 1.70 bits per heavy atom. The third-order valence-electron chi connectivity index (χ3n) is 5.63. The standard InChI is InChI=1S/C26H23N3O4S4/c30-13-19-3-1-4-20(11-19)22-14-36-26(29-22)28-21(23-15-35-25(27-23)24-5-2-10-34-24)12-17-6-8-18(9-7-17)16-37(31,32)33/h1-11,14-15,21,30H,12-13,16H2,(H,28,29)(H,31,32,33)/t21-/m0/s1. The zero-order chi connectivity index (χ0) is 25.8. The Bertz CT molecular complexity index is 1580. The molecule has 3 heterocycles. The van der Waals surface area contributed by atoms with E-state index in [1.807, 2.05) is 53.2 Å². The number of hydrogen-bond donors (Lipinski definition) is 3. The van der Waals surface area contributed by atoms with Crippen molar-refractivity contribution in [2.45, 2.75) is 24.8 Å². The number of aromatic nitrogens is 2. The zero-order valence-corrected chi connectivity index (χ0v) is 22.7. The summed E-state index contributed by atoms with van der Waals surface area (Å²) in [6.07, 6.45) is 0.606. The molecule has 0 aliphatic heterocycles. The lowest BCUT2D eigenvalue weighted by Crippen LogP contribution is -2.14. The summed E-state index contributed by atoms with van der Waals surface area (Å²) >= 11 is 4.75. The van der Waals surface area contributed by atoms with Crippen molar-refractivity contribution in [3.8, 4) is 21.1 Å². The minimum absolute atomic E-state index is 0.0232. The highest BCUT2D eigenvalue weighted by Gasteiger charge is 2.19. The Balaban J connectivity index is 1.40. The smallest absolute Gasteiger partial charge is 0.269 e. The van der Waals surface area contributed by atoms with Crippen LogP contribution in [0.25, 0.3) is 21.1 Å². The van der Waals surface area contributed by atoms with Crippen molar-refractivity contribution in [1.82, 2.24) is 9.97 Å². The number of anilines is 1. The van der Waals surface area contributed by atoms with Crippen LogP contribution in [0.3, 0.4) is 0 Å². The van der Waals surface area contributed by atoms with E-state index in [2.05, 4.69) is 16.8 Å².